The Hall–Kier alpha value is -0.520. The third-order valence-corrected chi connectivity index (χ3v) is 1.48. The maximum absolute atomic E-state index is 2.32. The Bertz CT molecular complexity index is 118. The third-order valence-electron chi connectivity index (χ3n) is 1.48. The van der Waals surface area contributed by atoms with Gasteiger partial charge in [0.05, 0.1) is 0 Å². The van der Waals surface area contributed by atoms with Crippen molar-refractivity contribution in [1.29, 1.82) is 0 Å². The van der Waals surface area contributed by atoms with E-state index < -0.39 is 0 Å². The van der Waals surface area contributed by atoms with Crippen molar-refractivity contribution in [2.24, 2.45) is 0 Å². The van der Waals surface area contributed by atoms with E-state index in [1.165, 1.54) is 24.8 Å². The summed E-state index contributed by atoms with van der Waals surface area (Å²) in [7, 11) is 0. The van der Waals surface area contributed by atoms with E-state index in [1.54, 1.807) is 0 Å². The molecular weight excluding hydrogens is 120 g/mol. The molecule has 10 heavy (non-hydrogen) atoms. The molecule has 0 atom stereocenters. The van der Waals surface area contributed by atoms with Crippen molar-refractivity contribution in [1.82, 2.24) is 0 Å². The Labute approximate surface area is 64.6 Å². The maximum Gasteiger partial charge on any atom is -0.0310 e. The van der Waals surface area contributed by atoms with Crippen molar-refractivity contribution in [2.75, 3.05) is 0 Å². The van der Waals surface area contributed by atoms with Gasteiger partial charge in [0.25, 0.3) is 0 Å². The Morgan fingerprint density at radius 1 is 1.30 bits per heavy atom. The molecule has 0 saturated heterocycles. The van der Waals surface area contributed by atoms with E-state index >= 15 is 0 Å². The van der Waals surface area contributed by atoms with Crippen LogP contribution in [0, 0.1) is 0 Å². The largest absolute Gasteiger partial charge is 0.0840 e. The first kappa shape index (κ1) is 9.48. The zero-order valence-electron chi connectivity index (χ0n) is 7.35. The SMILES string of the molecule is CC.CCC1=CCCC=C1. The molecule has 0 fully saturated rings. The lowest BCUT2D eigenvalue weighted by Crippen LogP contribution is -1.80. The zero-order chi connectivity index (χ0) is 7.82. The lowest BCUT2D eigenvalue weighted by Gasteiger charge is -2.01. The van der Waals surface area contributed by atoms with Gasteiger partial charge in [-0.3, -0.25) is 0 Å². The minimum Gasteiger partial charge on any atom is -0.0840 e. The first-order valence-corrected chi connectivity index (χ1v) is 4.29. The van der Waals surface area contributed by atoms with Crippen LogP contribution in [0.25, 0.3) is 0 Å². The van der Waals surface area contributed by atoms with Gasteiger partial charge in [-0.25, -0.2) is 0 Å². The summed E-state index contributed by atoms with van der Waals surface area (Å²) in [5, 5.41) is 0. The number of hydrogen-bond donors (Lipinski definition) is 0. The molecule has 0 bridgehead atoms. The fourth-order valence-corrected chi connectivity index (χ4v) is 0.930. The molecule has 1 rings (SSSR count). The van der Waals surface area contributed by atoms with Gasteiger partial charge in [-0.2, -0.15) is 0 Å². The maximum atomic E-state index is 2.32. The second kappa shape index (κ2) is 6.60. The summed E-state index contributed by atoms with van der Waals surface area (Å²) in [5.41, 5.74) is 1.50. The average molecular weight is 138 g/mol. The molecule has 0 unspecified atom stereocenters. The van der Waals surface area contributed by atoms with Gasteiger partial charge in [0.2, 0.25) is 0 Å². The van der Waals surface area contributed by atoms with Crippen molar-refractivity contribution < 1.29 is 0 Å². The van der Waals surface area contributed by atoms with E-state index in [9.17, 15) is 0 Å². The van der Waals surface area contributed by atoms with Crippen LogP contribution in [0.2, 0.25) is 0 Å². The number of allylic oxidation sites excluding steroid dienone is 4. The molecule has 0 heteroatoms. The summed E-state index contributed by atoms with van der Waals surface area (Å²) in [6, 6.07) is 0. The van der Waals surface area contributed by atoms with E-state index in [4.69, 9.17) is 0 Å². The van der Waals surface area contributed by atoms with E-state index in [2.05, 4.69) is 25.2 Å². The topological polar surface area (TPSA) is 0 Å². The smallest absolute Gasteiger partial charge is 0.0310 e. The molecule has 0 saturated carbocycles. The Balaban J connectivity index is 0.000000371. The fourth-order valence-electron chi connectivity index (χ4n) is 0.930. The van der Waals surface area contributed by atoms with Gasteiger partial charge < -0.3 is 0 Å². The molecule has 0 spiro atoms. The van der Waals surface area contributed by atoms with Crippen LogP contribution in [0.3, 0.4) is 0 Å². The van der Waals surface area contributed by atoms with Crippen molar-refractivity contribution in [3.8, 4) is 0 Å². The molecule has 0 nitrogen and oxygen atoms in total. The first-order chi connectivity index (χ1) is 4.93. The van der Waals surface area contributed by atoms with Gasteiger partial charge >= 0.3 is 0 Å². The second-order valence-electron chi connectivity index (χ2n) is 2.11. The highest BCUT2D eigenvalue weighted by atomic mass is 14.0. The highest BCUT2D eigenvalue weighted by Crippen LogP contribution is 2.11. The summed E-state index contributed by atoms with van der Waals surface area (Å²) in [6.45, 7) is 6.20. The summed E-state index contributed by atoms with van der Waals surface area (Å²) >= 11 is 0. The molecule has 0 N–H and O–H groups in total. The van der Waals surface area contributed by atoms with E-state index in [-0.39, 0.29) is 0 Å². The summed E-state index contributed by atoms with van der Waals surface area (Å²) in [5.74, 6) is 0. The summed E-state index contributed by atoms with van der Waals surface area (Å²) in [6.07, 6.45) is 10.5. The van der Waals surface area contributed by atoms with Crippen LogP contribution in [0.5, 0.6) is 0 Å². The summed E-state index contributed by atoms with van der Waals surface area (Å²) in [4.78, 5) is 0. The van der Waals surface area contributed by atoms with Gasteiger partial charge in [-0.15, -0.1) is 0 Å². The van der Waals surface area contributed by atoms with E-state index in [0.29, 0.717) is 0 Å². The minimum absolute atomic E-state index is 1.19. The molecule has 1 aliphatic carbocycles. The van der Waals surface area contributed by atoms with Gasteiger partial charge in [0, 0.05) is 0 Å². The first-order valence-electron chi connectivity index (χ1n) is 4.29. The van der Waals surface area contributed by atoms with E-state index in [0.717, 1.165) is 0 Å². The Kier molecular flexibility index (Phi) is 6.25. The average Bonchev–Trinajstić information content (AvgIpc) is 2.10. The van der Waals surface area contributed by atoms with Crippen molar-refractivity contribution in [2.45, 2.75) is 40.0 Å². The lowest BCUT2D eigenvalue weighted by molar-refractivity contribution is 0.984. The van der Waals surface area contributed by atoms with Crippen LogP contribution in [0.4, 0.5) is 0 Å². The minimum atomic E-state index is 1.19. The predicted molar refractivity (Wildman–Crippen MR) is 48.1 cm³/mol. The van der Waals surface area contributed by atoms with Crippen LogP contribution in [0.15, 0.2) is 23.8 Å². The van der Waals surface area contributed by atoms with Crippen LogP contribution < -0.4 is 0 Å². The molecule has 0 amide bonds. The van der Waals surface area contributed by atoms with Crippen LogP contribution in [-0.4, -0.2) is 0 Å². The van der Waals surface area contributed by atoms with Gasteiger partial charge in [-0.05, 0) is 19.3 Å². The summed E-state index contributed by atoms with van der Waals surface area (Å²) < 4.78 is 0. The molecule has 0 aliphatic heterocycles. The molecule has 58 valence electrons. The molecular formula is C10H18. The van der Waals surface area contributed by atoms with Gasteiger partial charge in [0.15, 0.2) is 0 Å². The zero-order valence-corrected chi connectivity index (χ0v) is 7.35. The van der Waals surface area contributed by atoms with Crippen LogP contribution in [-0.2, 0) is 0 Å². The fraction of sp³-hybridized carbons (Fsp3) is 0.600. The Morgan fingerprint density at radius 2 is 2.00 bits per heavy atom. The van der Waals surface area contributed by atoms with Crippen molar-refractivity contribution in [3.05, 3.63) is 23.8 Å². The quantitative estimate of drug-likeness (QED) is 0.518. The lowest BCUT2D eigenvalue weighted by atomic mass is 10.1. The van der Waals surface area contributed by atoms with E-state index in [1.807, 2.05) is 13.8 Å². The van der Waals surface area contributed by atoms with Crippen LogP contribution in [0.1, 0.15) is 40.0 Å². The highest BCUT2D eigenvalue weighted by molar-refractivity contribution is 5.21. The third kappa shape index (κ3) is 3.49. The normalized spacial score (nSPS) is 15.3. The van der Waals surface area contributed by atoms with Gasteiger partial charge in [0.1, 0.15) is 0 Å². The Morgan fingerprint density at radius 3 is 2.30 bits per heavy atom. The van der Waals surface area contributed by atoms with Crippen molar-refractivity contribution in [3.63, 3.8) is 0 Å². The number of rotatable bonds is 1. The van der Waals surface area contributed by atoms with Crippen molar-refractivity contribution >= 4 is 0 Å². The molecule has 0 aromatic carbocycles. The number of hydrogen-bond acceptors (Lipinski definition) is 0. The standard InChI is InChI=1S/C8H12.C2H6/c1-2-8-6-4-3-5-7-8;1-2/h4,6-7H,2-3,5H2,1H3;1-2H3. The molecule has 0 heterocycles. The predicted octanol–water partition coefficient (Wildman–Crippen LogP) is 3.70. The molecule has 0 aromatic heterocycles. The highest BCUT2D eigenvalue weighted by Gasteiger charge is 1.90. The molecule has 0 radical (unpaired) electrons. The van der Waals surface area contributed by atoms with Gasteiger partial charge in [-0.1, -0.05) is 44.6 Å². The molecule has 0 aromatic rings. The second-order valence-corrected chi connectivity index (χ2v) is 2.11. The monoisotopic (exact) mass is 138 g/mol. The molecule has 1 aliphatic rings. The van der Waals surface area contributed by atoms with Crippen LogP contribution >= 0.6 is 0 Å².